The van der Waals surface area contributed by atoms with Gasteiger partial charge in [0.05, 0.1) is 5.69 Å². The number of rotatable bonds is 5. The summed E-state index contributed by atoms with van der Waals surface area (Å²) in [6.07, 6.45) is 7.48. The lowest BCUT2D eigenvalue weighted by molar-refractivity contribution is 0.153. The van der Waals surface area contributed by atoms with E-state index in [4.69, 9.17) is 0 Å². The summed E-state index contributed by atoms with van der Waals surface area (Å²) in [6, 6.07) is 0. The SMILES string of the molecule is Cc1nn(C)cc1CNCC1(N(C)C)CCCC1. The van der Waals surface area contributed by atoms with Crippen molar-refractivity contribution in [1.82, 2.24) is 20.0 Å². The maximum absolute atomic E-state index is 4.38. The highest BCUT2D eigenvalue weighted by atomic mass is 15.3. The molecule has 1 fully saturated rings. The second-order valence-corrected chi connectivity index (χ2v) is 5.84. The average Bonchev–Trinajstić information content (AvgIpc) is 2.88. The van der Waals surface area contributed by atoms with E-state index in [1.54, 1.807) is 0 Å². The molecule has 0 saturated heterocycles. The van der Waals surface area contributed by atoms with Crippen LogP contribution in [-0.4, -0.2) is 40.9 Å². The molecule has 0 aliphatic heterocycles. The molecule has 1 aliphatic carbocycles. The summed E-state index contributed by atoms with van der Waals surface area (Å²) in [4.78, 5) is 2.41. The Morgan fingerprint density at radius 3 is 2.56 bits per heavy atom. The van der Waals surface area contributed by atoms with Gasteiger partial charge in [-0.2, -0.15) is 5.10 Å². The highest BCUT2D eigenvalue weighted by molar-refractivity contribution is 5.15. The van der Waals surface area contributed by atoms with Crippen molar-refractivity contribution < 1.29 is 0 Å². The molecule has 4 nitrogen and oxygen atoms in total. The number of hydrogen-bond acceptors (Lipinski definition) is 3. The lowest BCUT2D eigenvalue weighted by Gasteiger charge is -2.36. The number of nitrogens with one attached hydrogen (secondary N) is 1. The van der Waals surface area contributed by atoms with Crippen molar-refractivity contribution in [2.45, 2.75) is 44.7 Å². The van der Waals surface area contributed by atoms with E-state index >= 15 is 0 Å². The minimum Gasteiger partial charge on any atom is -0.311 e. The molecule has 4 heteroatoms. The van der Waals surface area contributed by atoms with Gasteiger partial charge in [-0.3, -0.25) is 4.68 Å². The van der Waals surface area contributed by atoms with Crippen LogP contribution < -0.4 is 5.32 Å². The lowest BCUT2D eigenvalue weighted by atomic mass is 9.96. The zero-order chi connectivity index (χ0) is 13.2. The summed E-state index contributed by atoms with van der Waals surface area (Å²) in [5.41, 5.74) is 2.82. The highest BCUT2D eigenvalue weighted by Gasteiger charge is 2.35. The van der Waals surface area contributed by atoms with Crippen molar-refractivity contribution in [1.29, 1.82) is 0 Å². The Labute approximate surface area is 110 Å². The van der Waals surface area contributed by atoms with Crippen molar-refractivity contribution in [3.05, 3.63) is 17.5 Å². The van der Waals surface area contributed by atoms with Crippen LogP contribution in [0.5, 0.6) is 0 Å². The van der Waals surface area contributed by atoms with Gasteiger partial charge in [-0.05, 0) is 33.9 Å². The molecule has 18 heavy (non-hydrogen) atoms. The minimum atomic E-state index is 0.371. The largest absolute Gasteiger partial charge is 0.311 e. The number of aromatic nitrogens is 2. The molecule has 0 spiro atoms. The summed E-state index contributed by atoms with van der Waals surface area (Å²) >= 11 is 0. The molecule has 0 amide bonds. The fourth-order valence-corrected chi connectivity index (χ4v) is 3.07. The first kappa shape index (κ1) is 13.6. The molecule has 0 aromatic carbocycles. The third-order valence-corrected chi connectivity index (χ3v) is 4.37. The highest BCUT2D eigenvalue weighted by Crippen LogP contribution is 2.33. The minimum absolute atomic E-state index is 0.371. The molecule has 0 radical (unpaired) electrons. The Hall–Kier alpha value is -0.870. The van der Waals surface area contributed by atoms with E-state index in [1.807, 2.05) is 11.7 Å². The van der Waals surface area contributed by atoms with E-state index in [2.05, 4.69) is 42.5 Å². The maximum atomic E-state index is 4.38. The monoisotopic (exact) mass is 250 g/mol. The molecule has 1 aliphatic rings. The van der Waals surface area contributed by atoms with Gasteiger partial charge >= 0.3 is 0 Å². The Bertz CT molecular complexity index is 388. The number of likely N-dealkylation sites (N-methyl/N-ethyl adjacent to an activating group) is 1. The van der Waals surface area contributed by atoms with Crippen molar-refractivity contribution in [3.63, 3.8) is 0 Å². The van der Waals surface area contributed by atoms with Gasteiger partial charge in [-0.25, -0.2) is 0 Å². The number of hydrogen-bond donors (Lipinski definition) is 1. The van der Waals surface area contributed by atoms with Crippen LogP contribution in [0.4, 0.5) is 0 Å². The normalized spacial score (nSPS) is 18.7. The molecule has 1 heterocycles. The van der Waals surface area contributed by atoms with Crippen LogP contribution in [0.15, 0.2) is 6.20 Å². The molecule has 102 valence electrons. The predicted octanol–water partition coefficient (Wildman–Crippen LogP) is 1.69. The predicted molar refractivity (Wildman–Crippen MR) is 74.5 cm³/mol. The van der Waals surface area contributed by atoms with Crippen molar-refractivity contribution in [2.75, 3.05) is 20.6 Å². The Balaban J connectivity index is 1.89. The van der Waals surface area contributed by atoms with Crippen LogP contribution in [0.25, 0.3) is 0 Å². The Morgan fingerprint density at radius 1 is 1.39 bits per heavy atom. The molecule has 0 unspecified atom stereocenters. The van der Waals surface area contributed by atoms with Crippen molar-refractivity contribution in [3.8, 4) is 0 Å². The quantitative estimate of drug-likeness (QED) is 0.863. The summed E-state index contributed by atoms with van der Waals surface area (Å²) in [7, 11) is 6.40. The van der Waals surface area contributed by atoms with E-state index < -0.39 is 0 Å². The van der Waals surface area contributed by atoms with Gasteiger partial charge in [-0.1, -0.05) is 12.8 Å². The van der Waals surface area contributed by atoms with Gasteiger partial charge in [0.1, 0.15) is 0 Å². The molecule has 1 saturated carbocycles. The molecule has 1 aromatic rings. The zero-order valence-corrected chi connectivity index (χ0v) is 12.2. The van der Waals surface area contributed by atoms with Crippen LogP contribution in [0, 0.1) is 6.92 Å². The molecule has 0 bridgehead atoms. The van der Waals surface area contributed by atoms with Gasteiger partial charge in [0.25, 0.3) is 0 Å². The van der Waals surface area contributed by atoms with E-state index in [1.165, 1.54) is 31.2 Å². The molecular weight excluding hydrogens is 224 g/mol. The van der Waals surface area contributed by atoms with Gasteiger partial charge in [0.2, 0.25) is 0 Å². The van der Waals surface area contributed by atoms with Crippen LogP contribution in [0.2, 0.25) is 0 Å². The van der Waals surface area contributed by atoms with Gasteiger partial charge in [-0.15, -0.1) is 0 Å². The lowest BCUT2D eigenvalue weighted by Crippen LogP contribution is -2.49. The third kappa shape index (κ3) is 2.75. The second-order valence-electron chi connectivity index (χ2n) is 5.84. The molecule has 1 aromatic heterocycles. The average molecular weight is 250 g/mol. The fraction of sp³-hybridized carbons (Fsp3) is 0.786. The first-order valence-electron chi connectivity index (χ1n) is 6.91. The van der Waals surface area contributed by atoms with Gasteiger partial charge < -0.3 is 10.2 Å². The summed E-state index contributed by atoms with van der Waals surface area (Å²) in [5.74, 6) is 0. The van der Waals surface area contributed by atoms with E-state index in [-0.39, 0.29) is 0 Å². The van der Waals surface area contributed by atoms with Gasteiger partial charge in [0, 0.05) is 37.4 Å². The topological polar surface area (TPSA) is 33.1 Å². The van der Waals surface area contributed by atoms with E-state index in [9.17, 15) is 0 Å². The Morgan fingerprint density at radius 2 is 2.06 bits per heavy atom. The maximum Gasteiger partial charge on any atom is 0.0638 e. The molecular formula is C14H26N4. The summed E-state index contributed by atoms with van der Waals surface area (Å²) in [6.45, 7) is 4.08. The molecule has 1 N–H and O–H groups in total. The molecule has 2 rings (SSSR count). The standard InChI is InChI=1S/C14H26N4/c1-12-13(10-18(4)16-12)9-15-11-14(17(2)3)7-5-6-8-14/h10,15H,5-9,11H2,1-4H3. The Kier molecular flexibility index (Phi) is 4.07. The van der Waals surface area contributed by atoms with Crippen LogP contribution in [-0.2, 0) is 13.6 Å². The fourth-order valence-electron chi connectivity index (χ4n) is 3.07. The van der Waals surface area contributed by atoms with Gasteiger partial charge in [0.15, 0.2) is 0 Å². The van der Waals surface area contributed by atoms with Crippen molar-refractivity contribution in [2.24, 2.45) is 7.05 Å². The van der Waals surface area contributed by atoms with Crippen LogP contribution >= 0.6 is 0 Å². The number of aryl methyl sites for hydroxylation is 2. The van der Waals surface area contributed by atoms with Crippen LogP contribution in [0.1, 0.15) is 36.9 Å². The van der Waals surface area contributed by atoms with E-state index in [0.29, 0.717) is 5.54 Å². The zero-order valence-electron chi connectivity index (χ0n) is 12.2. The molecule has 0 atom stereocenters. The smallest absolute Gasteiger partial charge is 0.0638 e. The second kappa shape index (κ2) is 5.41. The summed E-state index contributed by atoms with van der Waals surface area (Å²) < 4.78 is 1.89. The first-order valence-corrected chi connectivity index (χ1v) is 6.91. The third-order valence-electron chi connectivity index (χ3n) is 4.37. The first-order chi connectivity index (χ1) is 8.53. The number of nitrogens with zero attached hydrogens (tertiary/aromatic N) is 3. The van der Waals surface area contributed by atoms with E-state index in [0.717, 1.165) is 18.8 Å². The summed E-state index contributed by atoms with van der Waals surface area (Å²) in [5, 5.41) is 8.01. The van der Waals surface area contributed by atoms with Crippen LogP contribution in [0.3, 0.4) is 0 Å². The van der Waals surface area contributed by atoms with Crippen molar-refractivity contribution >= 4 is 0 Å².